The first-order chi connectivity index (χ1) is 7.58. The fourth-order valence-corrected chi connectivity index (χ4v) is 1.88. The van der Waals surface area contributed by atoms with Crippen LogP contribution in [0.3, 0.4) is 0 Å². The molecule has 0 radical (unpaired) electrons. The van der Waals surface area contributed by atoms with E-state index in [-0.39, 0.29) is 11.8 Å². The van der Waals surface area contributed by atoms with Crippen LogP contribution in [0.1, 0.15) is 33.6 Å². The van der Waals surface area contributed by atoms with Gasteiger partial charge in [-0.25, -0.2) is 0 Å². The third kappa shape index (κ3) is 4.96. The monoisotopic (exact) mass is 219 g/mol. The normalized spacial score (nSPS) is 12.5. The van der Waals surface area contributed by atoms with Crippen LogP contribution < -0.4 is 5.32 Å². The molecule has 1 atom stereocenters. The van der Waals surface area contributed by atoms with Crippen LogP contribution in [0.25, 0.3) is 0 Å². The minimum atomic E-state index is 0.245. The van der Waals surface area contributed by atoms with Crippen molar-refractivity contribution in [3.05, 3.63) is 30.3 Å². The molecule has 16 heavy (non-hydrogen) atoms. The summed E-state index contributed by atoms with van der Waals surface area (Å²) < 4.78 is 0. The summed E-state index contributed by atoms with van der Waals surface area (Å²) in [6, 6.07) is 10.3. The van der Waals surface area contributed by atoms with E-state index in [9.17, 15) is 4.79 Å². The Hall–Kier alpha value is -1.31. The molecule has 1 aromatic rings. The molecule has 0 aromatic heterocycles. The quantitative estimate of drug-likeness (QED) is 0.793. The zero-order valence-corrected chi connectivity index (χ0v) is 10.4. The standard InChI is InChI=1S/C14H21NO/c1-11(2)9-14(10-12(3)16)15-13-7-5-4-6-8-13/h4-8,11,14-15H,9-10H2,1-3H3. The first kappa shape index (κ1) is 12.8. The average Bonchev–Trinajstić information content (AvgIpc) is 2.16. The maximum absolute atomic E-state index is 11.2. The van der Waals surface area contributed by atoms with Gasteiger partial charge in [-0.2, -0.15) is 0 Å². The number of carbonyl (C=O) groups is 1. The summed E-state index contributed by atoms with van der Waals surface area (Å²) in [5.41, 5.74) is 1.09. The van der Waals surface area contributed by atoms with Crippen molar-refractivity contribution in [1.82, 2.24) is 0 Å². The lowest BCUT2D eigenvalue weighted by Crippen LogP contribution is -2.24. The lowest BCUT2D eigenvalue weighted by atomic mass is 9.99. The predicted molar refractivity (Wildman–Crippen MR) is 68.6 cm³/mol. The van der Waals surface area contributed by atoms with E-state index in [2.05, 4.69) is 19.2 Å². The van der Waals surface area contributed by atoms with Crippen LogP contribution in [0.2, 0.25) is 0 Å². The van der Waals surface area contributed by atoms with E-state index in [0.29, 0.717) is 12.3 Å². The van der Waals surface area contributed by atoms with E-state index in [4.69, 9.17) is 0 Å². The molecule has 0 aliphatic heterocycles. The van der Waals surface area contributed by atoms with Crippen LogP contribution in [-0.2, 0) is 4.79 Å². The molecule has 1 aromatic carbocycles. The molecular formula is C14H21NO. The van der Waals surface area contributed by atoms with Crippen LogP contribution in [0.4, 0.5) is 5.69 Å². The van der Waals surface area contributed by atoms with Gasteiger partial charge in [-0.15, -0.1) is 0 Å². The minimum Gasteiger partial charge on any atom is -0.382 e. The highest BCUT2D eigenvalue weighted by atomic mass is 16.1. The lowest BCUT2D eigenvalue weighted by Gasteiger charge is -2.20. The van der Waals surface area contributed by atoms with Crippen molar-refractivity contribution in [3.63, 3.8) is 0 Å². The topological polar surface area (TPSA) is 29.1 Å². The number of nitrogens with one attached hydrogen (secondary N) is 1. The Bertz CT molecular complexity index is 319. The van der Waals surface area contributed by atoms with Crippen LogP contribution in [0, 0.1) is 5.92 Å². The van der Waals surface area contributed by atoms with Crippen molar-refractivity contribution in [2.24, 2.45) is 5.92 Å². The highest BCUT2D eigenvalue weighted by Gasteiger charge is 2.12. The smallest absolute Gasteiger partial charge is 0.131 e. The minimum absolute atomic E-state index is 0.245. The van der Waals surface area contributed by atoms with E-state index in [1.807, 2.05) is 30.3 Å². The molecule has 0 fully saturated rings. The number of hydrogen-bond donors (Lipinski definition) is 1. The number of carbonyl (C=O) groups excluding carboxylic acids is 1. The van der Waals surface area contributed by atoms with Crippen molar-refractivity contribution < 1.29 is 4.79 Å². The molecule has 0 amide bonds. The zero-order chi connectivity index (χ0) is 12.0. The van der Waals surface area contributed by atoms with Gasteiger partial charge in [-0.05, 0) is 31.4 Å². The molecule has 0 aliphatic carbocycles. The molecule has 0 aliphatic rings. The Morgan fingerprint density at radius 2 is 1.88 bits per heavy atom. The summed E-state index contributed by atoms with van der Waals surface area (Å²) in [5, 5.41) is 3.42. The van der Waals surface area contributed by atoms with Gasteiger partial charge in [0.1, 0.15) is 5.78 Å². The van der Waals surface area contributed by atoms with E-state index in [1.54, 1.807) is 6.92 Å². The van der Waals surface area contributed by atoms with Gasteiger partial charge in [0.05, 0.1) is 0 Å². The van der Waals surface area contributed by atoms with Crippen molar-refractivity contribution >= 4 is 11.5 Å². The molecule has 88 valence electrons. The predicted octanol–water partition coefficient (Wildman–Crippen LogP) is 3.49. The SMILES string of the molecule is CC(=O)CC(CC(C)C)Nc1ccccc1. The van der Waals surface area contributed by atoms with E-state index >= 15 is 0 Å². The molecular weight excluding hydrogens is 198 g/mol. The van der Waals surface area contributed by atoms with Crippen molar-refractivity contribution in [3.8, 4) is 0 Å². The summed E-state index contributed by atoms with van der Waals surface area (Å²) in [6.07, 6.45) is 1.63. The van der Waals surface area contributed by atoms with Crippen LogP contribution in [0.15, 0.2) is 30.3 Å². The Morgan fingerprint density at radius 3 is 2.38 bits per heavy atom. The average molecular weight is 219 g/mol. The van der Waals surface area contributed by atoms with Crippen molar-refractivity contribution in [2.45, 2.75) is 39.7 Å². The molecule has 0 bridgehead atoms. The third-order valence-corrected chi connectivity index (χ3v) is 2.43. The molecule has 1 N–H and O–H groups in total. The number of benzene rings is 1. The molecule has 1 unspecified atom stereocenters. The summed E-state index contributed by atoms with van der Waals surface area (Å²) >= 11 is 0. The molecule has 0 heterocycles. The summed E-state index contributed by atoms with van der Waals surface area (Å²) in [4.78, 5) is 11.2. The van der Waals surface area contributed by atoms with Gasteiger partial charge >= 0.3 is 0 Å². The third-order valence-electron chi connectivity index (χ3n) is 2.43. The fraction of sp³-hybridized carbons (Fsp3) is 0.500. The van der Waals surface area contributed by atoms with Gasteiger partial charge < -0.3 is 5.32 Å². The zero-order valence-electron chi connectivity index (χ0n) is 10.4. The number of anilines is 1. The van der Waals surface area contributed by atoms with Crippen LogP contribution in [-0.4, -0.2) is 11.8 Å². The number of para-hydroxylation sites is 1. The molecule has 0 saturated carbocycles. The maximum Gasteiger partial charge on any atom is 0.131 e. The maximum atomic E-state index is 11.2. The Morgan fingerprint density at radius 1 is 1.25 bits per heavy atom. The van der Waals surface area contributed by atoms with Gasteiger partial charge in [0.2, 0.25) is 0 Å². The Labute approximate surface area is 98.1 Å². The largest absolute Gasteiger partial charge is 0.382 e. The van der Waals surface area contributed by atoms with Crippen molar-refractivity contribution in [1.29, 1.82) is 0 Å². The number of Topliss-reactive ketones (excluding diaryl/α,β-unsaturated/α-hetero) is 1. The fourth-order valence-electron chi connectivity index (χ4n) is 1.88. The van der Waals surface area contributed by atoms with Gasteiger partial charge in [-0.3, -0.25) is 4.79 Å². The van der Waals surface area contributed by atoms with Gasteiger partial charge in [0, 0.05) is 18.2 Å². The summed E-state index contributed by atoms with van der Waals surface area (Å²) in [6.45, 7) is 6.01. The highest BCUT2D eigenvalue weighted by molar-refractivity contribution is 5.76. The highest BCUT2D eigenvalue weighted by Crippen LogP contribution is 2.15. The molecule has 0 spiro atoms. The number of hydrogen-bond acceptors (Lipinski definition) is 2. The van der Waals surface area contributed by atoms with Gasteiger partial charge in [0.25, 0.3) is 0 Å². The summed E-state index contributed by atoms with van der Waals surface area (Å²) in [7, 11) is 0. The summed E-state index contributed by atoms with van der Waals surface area (Å²) in [5.74, 6) is 0.842. The first-order valence-corrected chi connectivity index (χ1v) is 5.89. The van der Waals surface area contributed by atoms with E-state index in [1.165, 1.54) is 0 Å². The second-order valence-corrected chi connectivity index (χ2v) is 4.74. The Kier molecular flexibility index (Phi) is 5.03. The lowest BCUT2D eigenvalue weighted by molar-refractivity contribution is -0.117. The second kappa shape index (κ2) is 6.31. The van der Waals surface area contributed by atoms with Crippen LogP contribution in [0.5, 0.6) is 0 Å². The number of rotatable bonds is 6. The van der Waals surface area contributed by atoms with Gasteiger partial charge in [-0.1, -0.05) is 32.0 Å². The van der Waals surface area contributed by atoms with Crippen LogP contribution >= 0.6 is 0 Å². The second-order valence-electron chi connectivity index (χ2n) is 4.74. The first-order valence-electron chi connectivity index (χ1n) is 5.89. The molecule has 0 saturated heterocycles. The molecule has 2 nitrogen and oxygen atoms in total. The molecule has 2 heteroatoms. The van der Waals surface area contributed by atoms with E-state index in [0.717, 1.165) is 12.1 Å². The van der Waals surface area contributed by atoms with Gasteiger partial charge in [0.15, 0.2) is 0 Å². The Balaban J connectivity index is 2.59. The number of ketones is 1. The molecule has 1 rings (SSSR count). The van der Waals surface area contributed by atoms with E-state index < -0.39 is 0 Å². The van der Waals surface area contributed by atoms with Crippen molar-refractivity contribution in [2.75, 3.05) is 5.32 Å².